The van der Waals surface area contributed by atoms with Crippen LogP contribution in [0, 0.1) is 20.8 Å². The van der Waals surface area contributed by atoms with Crippen molar-refractivity contribution in [1.82, 2.24) is 9.78 Å². The Bertz CT molecular complexity index is 837. The molecule has 0 aliphatic rings. The number of hydrogen-bond donors (Lipinski definition) is 2. The van der Waals surface area contributed by atoms with E-state index in [2.05, 4.69) is 15.7 Å². The van der Waals surface area contributed by atoms with Gasteiger partial charge in [-0.15, -0.1) is 0 Å². The average molecular weight is 328 g/mol. The number of benzene rings is 1. The minimum absolute atomic E-state index is 0.209. The maximum absolute atomic E-state index is 12.4. The zero-order chi connectivity index (χ0) is 18.0. The normalized spacial score (nSPS) is 10.4. The van der Waals surface area contributed by atoms with Gasteiger partial charge in [0.05, 0.1) is 11.3 Å². The second-order valence-corrected chi connectivity index (χ2v) is 5.61. The van der Waals surface area contributed by atoms with E-state index < -0.39 is 11.7 Å². The summed E-state index contributed by atoms with van der Waals surface area (Å²) in [5.74, 6) is -1.58. The molecule has 0 unspecified atom stereocenters. The molecule has 0 aliphatic carbocycles. The van der Waals surface area contributed by atoms with Crippen molar-refractivity contribution in [3.8, 4) is 0 Å². The highest BCUT2D eigenvalue weighted by atomic mass is 16.2. The molecule has 0 bridgehead atoms. The molecule has 1 aromatic carbocycles. The van der Waals surface area contributed by atoms with E-state index in [1.165, 1.54) is 6.92 Å². The molecule has 0 saturated carbocycles. The number of carbonyl (C=O) groups excluding carboxylic acids is 3. The molecule has 0 spiro atoms. The van der Waals surface area contributed by atoms with Crippen LogP contribution in [-0.4, -0.2) is 27.4 Å². The molecule has 1 heterocycles. The van der Waals surface area contributed by atoms with Crippen LogP contribution < -0.4 is 10.6 Å². The van der Waals surface area contributed by atoms with Crippen molar-refractivity contribution in [2.45, 2.75) is 27.7 Å². The van der Waals surface area contributed by atoms with Crippen molar-refractivity contribution in [2.75, 3.05) is 10.6 Å². The van der Waals surface area contributed by atoms with Crippen LogP contribution in [0.5, 0.6) is 0 Å². The summed E-state index contributed by atoms with van der Waals surface area (Å²) in [6.07, 6.45) is 0. The highest BCUT2D eigenvalue weighted by Gasteiger charge is 2.24. The number of anilines is 2. The summed E-state index contributed by atoms with van der Waals surface area (Å²) in [5, 5.41) is 9.44. The highest BCUT2D eigenvalue weighted by molar-refractivity contribution is 6.47. The van der Waals surface area contributed by atoms with Crippen LogP contribution in [0.4, 0.5) is 11.4 Å². The molecule has 0 fully saturated rings. The standard InChI is InChI=1S/C17H20N4O3/c1-9-13(18-12(4)22)7-6-8-14(9)19-17(24)16(23)15-10(2)20-21(5)11(15)3/h6-8H,1-5H3,(H,18,22)(H,19,24). The van der Waals surface area contributed by atoms with E-state index in [-0.39, 0.29) is 5.91 Å². The summed E-state index contributed by atoms with van der Waals surface area (Å²) in [7, 11) is 1.72. The van der Waals surface area contributed by atoms with Gasteiger partial charge in [0.2, 0.25) is 5.91 Å². The molecule has 126 valence electrons. The molecule has 2 rings (SSSR count). The highest BCUT2D eigenvalue weighted by Crippen LogP contribution is 2.24. The zero-order valence-corrected chi connectivity index (χ0v) is 14.4. The molecular formula is C17H20N4O3. The summed E-state index contributed by atoms with van der Waals surface area (Å²) in [5.41, 5.74) is 3.19. The lowest BCUT2D eigenvalue weighted by atomic mass is 10.1. The van der Waals surface area contributed by atoms with Crippen molar-refractivity contribution in [3.05, 3.63) is 40.7 Å². The van der Waals surface area contributed by atoms with Crippen LogP contribution in [0.1, 0.15) is 34.2 Å². The second kappa shape index (κ2) is 6.66. The molecular weight excluding hydrogens is 308 g/mol. The lowest BCUT2D eigenvalue weighted by Gasteiger charge is -2.12. The molecule has 2 amide bonds. The first-order chi connectivity index (χ1) is 11.2. The zero-order valence-electron chi connectivity index (χ0n) is 14.4. The average Bonchev–Trinajstić information content (AvgIpc) is 2.75. The number of hydrogen-bond acceptors (Lipinski definition) is 4. The second-order valence-electron chi connectivity index (χ2n) is 5.61. The minimum Gasteiger partial charge on any atom is -0.326 e. The van der Waals surface area contributed by atoms with Gasteiger partial charge >= 0.3 is 0 Å². The topological polar surface area (TPSA) is 93.1 Å². The molecule has 0 aliphatic heterocycles. The number of nitrogens with zero attached hydrogens (tertiary/aromatic N) is 2. The van der Waals surface area contributed by atoms with Crippen molar-refractivity contribution in [2.24, 2.45) is 7.05 Å². The third kappa shape index (κ3) is 3.34. The van der Waals surface area contributed by atoms with Crippen molar-refractivity contribution >= 4 is 29.0 Å². The number of nitrogens with one attached hydrogen (secondary N) is 2. The molecule has 1 aromatic heterocycles. The Labute approximate surface area is 140 Å². The van der Waals surface area contributed by atoms with Crippen LogP contribution in [0.3, 0.4) is 0 Å². The van der Waals surface area contributed by atoms with E-state index in [1.807, 2.05) is 0 Å². The number of Topliss-reactive ketones (excluding diaryl/α,β-unsaturated/α-hetero) is 1. The van der Waals surface area contributed by atoms with Crippen molar-refractivity contribution in [1.29, 1.82) is 0 Å². The van der Waals surface area contributed by atoms with Gasteiger partial charge in [0, 0.05) is 31.0 Å². The first-order valence-corrected chi connectivity index (χ1v) is 7.45. The van der Waals surface area contributed by atoms with Gasteiger partial charge in [-0.25, -0.2) is 0 Å². The Morgan fingerprint density at radius 3 is 2.12 bits per heavy atom. The van der Waals surface area contributed by atoms with Gasteiger partial charge in [-0.1, -0.05) is 6.07 Å². The SMILES string of the molecule is CC(=O)Nc1cccc(NC(=O)C(=O)c2c(C)nn(C)c2C)c1C. The largest absolute Gasteiger partial charge is 0.326 e. The predicted molar refractivity (Wildman–Crippen MR) is 91.1 cm³/mol. The van der Waals surface area contributed by atoms with Crippen molar-refractivity contribution < 1.29 is 14.4 Å². The molecule has 0 radical (unpaired) electrons. The number of ketones is 1. The Hall–Kier alpha value is -2.96. The molecule has 24 heavy (non-hydrogen) atoms. The van der Waals surface area contributed by atoms with E-state index in [4.69, 9.17) is 0 Å². The van der Waals surface area contributed by atoms with Gasteiger partial charge in [0.1, 0.15) is 0 Å². The number of amides is 2. The summed E-state index contributed by atoms with van der Waals surface area (Å²) in [6, 6.07) is 5.09. The van der Waals surface area contributed by atoms with E-state index in [0.29, 0.717) is 33.9 Å². The van der Waals surface area contributed by atoms with Crippen LogP contribution in [0.15, 0.2) is 18.2 Å². The van der Waals surface area contributed by atoms with Crippen molar-refractivity contribution in [3.63, 3.8) is 0 Å². The fraction of sp³-hybridized carbons (Fsp3) is 0.294. The van der Waals surface area contributed by atoms with Gasteiger partial charge in [-0.3, -0.25) is 19.1 Å². The first-order valence-electron chi connectivity index (χ1n) is 7.45. The Morgan fingerprint density at radius 1 is 1.04 bits per heavy atom. The van der Waals surface area contributed by atoms with Crippen LogP contribution in [0.25, 0.3) is 0 Å². The molecule has 0 atom stereocenters. The Balaban J connectivity index is 2.27. The van der Waals surface area contributed by atoms with E-state index in [1.54, 1.807) is 50.7 Å². The quantitative estimate of drug-likeness (QED) is 0.664. The fourth-order valence-corrected chi connectivity index (χ4v) is 2.49. The molecule has 7 heteroatoms. The third-order valence-corrected chi connectivity index (χ3v) is 3.84. The Kier molecular flexibility index (Phi) is 4.82. The third-order valence-electron chi connectivity index (χ3n) is 3.84. The number of aromatic nitrogens is 2. The summed E-state index contributed by atoms with van der Waals surface area (Å²) >= 11 is 0. The number of aryl methyl sites for hydroxylation is 2. The van der Waals surface area contributed by atoms with E-state index in [9.17, 15) is 14.4 Å². The van der Waals surface area contributed by atoms with E-state index in [0.717, 1.165) is 0 Å². The fourth-order valence-electron chi connectivity index (χ4n) is 2.49. The van der Waals surface area contributed by atoms with Crippen LogP contribution in [-0.2, 0) is 16.6 Å². The maximum Gasteiger partial charge on any atom is 0.296 e. The molecule has 2 N–H and O–H groups in total. The Morgan fingerprint density at radius 2 is 1.62 bits per heavy atom. The summed E-state index contributed by atoms with van der Waals surface area (Å²) in [4.78, 5) is 36.0. The predicted octanol–water partition coefficient (Wildman–Crippen LogP) is 2.13. The van der Waals surface area contributed by atoms with Gasteiger partial charge in [0.25, 0.3) is 11.7 Å². The summed E-state index contributed by atoms with van der Waals surface area (Å²) in [6.45, 7) is 6.59. The lowest BCUT2D eigenvalue weighted by Crippen LogP contribution is -2.24. The van der Waals surface area contributed by atoms with Crippen LogP contribution in [0.2, 0.25) is 0 Å². The molecule has 0 saturated heterocycles. The number of carbonyl (C=O) groups is 3. The monoisotopic (exact) mass is 328 g/mol. The van der Waals surface area contributed by atoms with Gasteiger partial charge in [0.15, 0.2) is 0 Å². The lowest BCUT2D eigenvalue weighted by molar-refractivity contribution is -0.114. The maximum atomic E-state index is 12.4. The van der Waals surface area contributed by atoms with Gasteiger partial charge < -0.3 is 10.6 Å². The summed E-state index contributed by atoms with van der Waals surface area (Å²) < 4.78 is 1.57. The van der Waals surface area contributed by atoms with Gasteiger partial charge in [-0.2, -0.15) is 5.10 Å². The molecule has 7 nitrogen and oxygen atoms in total. The first kappa shape index (κ1) is 17.4. The minimum atomic E-state index is -0.739. The van der Waals surface area contributed by atoms with E-state index >= 15 is 0 Å². The number of rotatable bonds is 4. The molecule has 2 aromatic rings. The van der Waals surface area contributed by atoms with Crippen LogP contribution >= 0.6 is 0 Å². The smallest absolute Gasteiger partial charge is 0.296 e. The van der Waals surface area contributed by atoms with Gasteiger partial charge in [-0.05, 0) is 38.5 Å².